The lowest BCUT2D eigenvalue weighted by atomic mass is 10.2. The van der Waals surface area contributed by atoms with E-state index in [1.54, 1.807) is 11.0 Å². The lowest BCUT2D eigenvalue weighted by molar-refractivity contribution is 0.0986. The third kappa shape index (κ3) is 6.46. The van der Waals surface area contributed by atoms with Gasteiger partial charge in [0, 0.05) is 50.2 Å². The Morgan fingerprint density at radius 1 is 1.00 bits per heavy atom. The summed E-state index contributed by atoms with van der Waals surface area (Å²) < 4.78 is 39.2. The van der Waals surface area contributed by atoms with Crippen molar-refractivity contribution in [2.24, 2.45) is 0 Å². The molecule has 2 heterocycles. The van der Waals surface area contributed by atoms with Gasteiger partial charge in [0.25, 0.3) is 5.91 Å². The van der Waals surface area contributed by atoms with Crippen LogP contribution in [0.3, 0.4) is 0 Å². The molecule has 39 heavy (non-hydrogen) atoms. The number of aromatic nitrogens is 1. The number of anilines is 1. The summed E-state index contributed by atoms with van der Waals surface area (Å²) in [7, 11) is -0.0212. The van der Waals surface area contributed by atoms with Gasteiger partial charge in [0.15, 0.2) is 16.6 Å². The van der Waals surface area contributed by atoms with Gasteiger partial charge in [0.1, 0.15) is 0 Å². The molecule has 13 heteroatoms. The van der Waals surface area contributed by atoms with Gasteiger partial charge >= 0.3 is 0 Å². The number of nitriles is 2. The summed E-state index contributed by atoms with van der Waals surface area (Å²) in [5.41, 5.74) is 1.01. The van der Waals surface area contributed by atoms with Crippen molar-refractivity contribution in [3.8, 4) is 23.6 Å². The number of sulfonamides is 1. The lowest BCUT2D eigenvalue weighted by Gasteiger charge is -2.22. The fourth-order valence-corrected chi connectivity index (χ4v) is 6.47. The Bertz CT molecular complexity index is 1460. The maximum atomic E-state index is 13.7. The average molecular weight is 569 g/mol. The predicted molar refractivity (Wildman–Crippen MR) is 146 cm³/mol. The summed E-state index contributed by atoms with van der Waals surface area (Å²) in [6, 6.07) is 13.2. The van der Waals surface area contributed by atoms with Gasteiger partial charge in [-0.05, 0) is 51.3 Å². The first kappa shape index (κ1) is 28.3. The standard InChI is InChI=1S/C26H28N6O5S2/c1-30(2)12-5-15-32(26-29-21-16-22-23(37-18-36-22)17-24(21)38-26)25(33)19-6-8-20(9-7-19)39(34,35)31(13-3-10-27)14-4-11-28/h6-9,16-17H,3-5,12-15,18H2,1-2H3. The third-order valence-corrected chi connectivity index (χ3v) is 8.97. The second-order valence-corrected chi connectivity index (χ2v) is 12.0. The van der Waals surface area contributed by atoms with Gasteiger partial charge < -0.3 is 14.4 Å². The number of hydrogen-bond acceptors (Lipinski definition) is 10. The van der Waals surface area contributed by atoms with Gasteiger partial charge in [-0.1, -0.05) is 11.3 Å². The highest BCUT2D eigenvalue weighted by Crippen LogP contribution is 2.40. The number of thiazole rings is 1. The van der Waals surface area contributed by atoms with Crippen molar-refractivity contribution in [2.75, 3.05) is 52.0 Å². The quantitative estimate of drug-likeness (QED) is 0.321. The maximum Gasteiger partial charge on any atom is 0.260 e. The molecule has 0 atom stereocenters. The smallest absolute Gasteiger partial charge is 0.260 e. The number of amides is 1. The summed E-state index contributed by atoms with van der Waals surface area (Å²) in [6.45, 7) is 1.31. The normalized spacial score (nSPS) is 12.6. The highest BCUT2D eigenvalue weighted by Gasteiger charge is 2.26. The molecule has 0 unspecified atom stereocenters. The minimum atomic E-state index is -3.94. The van der Waals surface area contributed by atoms with E-state index in [2.05, 4.69) is 0 Å². The van der Waals surface area contributed by atoms with Crippen LogP contribution in [-0.4, -0.2) is 75.6 Å². The Hall–Kier alpha value is -3.75. The topological polar surface area (TPSA) is 140 Å². The predicted octanol–water partition coefficient (Wildman–Crippen LogP) is 3.44. The fourth-order valence-electron chi connectivity index (χ4n) is 4.03. The van der Waals surface area contributed by atoms with Crippen molar-refractivity contribution >= 4 is 42.6 Å². The number of carbonyl (C=O) groups excluding carboxylic acids is 1. The van der Waals surface area contributed by atoms with Crippen molar-refractivity contribution in [2.45, 2.75) is 24.2 Å². The maximum absolute atomic E-state index is 13.7. The summed E-state index contributed by atoms with van der Waals surface area (Å²) in [4.78, 5) is 22.0. The second kappa shape index (κ2) is 12.4. The van der Waals surface area contributed by atoms with E-state index in [1.165, 1.54) is 35.6 Å². The van der Waals surface area contributed by atoms with Crippen LogP contribution in [0.2, 0.25) is 0 Å². The molecule has 0 fully saturated rings. The van der Waals surface area contributed by atoms with Crippen molar-refractivity contribution < 1.29 is 22.7 Å². The van der Waals surface area contributed by atoms with E-state index in [-0.39, 0.29) is 43.5 Å². The number of nitrogens with zero attached hydrogens (tertiary/aromatic N) is 6. The first-order valence-electron chi connectivity index (χ1n) is 12.3. The minimum absolute atomic E-state index is 0.00649. The van der Waals surface area contributed by atoms with Crippen LogP contribution in [0.5, 0.6) is 11.5 Å². The van der Waals surface area contributed by atoms with Crippen molar-refractivity contribution in [3.05, 3.63) is 42.0 Å². The molecule has 1 aromatic heterocycles. The highest BCUT2D eigenvalue weighted by molar-refractivity contribution is 7.89. The molecular weight excluding hydrogens is 540 g/mol. The number of ether oxygens (including phenoxy) is 2. The zero-order valence-electron chi connectivity index (χ0n) is 21.7. The van der Waals surface area contributed by atoms with Crippen molar-refractivity contribution in [1.29, 1.82) is 10.5 Å². The Morgan fingerprint density at radius 2 is 1.64 bits per heavy atom. The molecular formula is C26H28N6O5S2. The zero-order valence-corrected chi connectivity index (χ0v) is 23.3. The molecule has 1 amide bonds. The summed E-state index contributed by atoms with van der Waals surface area (Å²) in [5, 5.41) is 18.3. The molecule has 1 aliphatic rings. The van der Waals surface area contributed by atoms with E-state index in [4.69, 9.17) is 25.0 Å². The molecule has 11 nitrogen and oxygen atoms in total. The number of rotatable bonds is 12. The van der Waals surface area contributed by atoms with Crippen LogP contribution in [-0.2, 0) is 10.0 Å². The van der Waals surface area contributed by atoms with Crippen LogP contribution in [0.4, 0.5) is 5.13 Å². The van der Waals surface area contributed by atoms with Gasteiger partial charge in [-0.2, -0.15) is 14.8 Å². The molecule has 0 aliphatic carbocycles. The molecule has 0 saturated heterocycles. The molecule has 0 N–H and O–H groups in total. The third-order valence-electron chi connectivity index (χ3n) is 6.02. The fraction of sp³-hybridized carbons (Fsp3) is 0.385. The van der Waals surface area contributed by atoms with E-state index in [0.29, 0.717) is 40.7 Å². The number of fused-ring (bicyclic) bond motifs is 2. The van der Waals surface area contributed by atoms with Crippen molar-refractivity contribution in [1.82, 2.24) is 14.2 Å². The SMILES string of the molecule is CN(C)CCCN(C(=O)c1ccc(S(=O)(=O)N(CCC#N)CCC#N)cc1)c1nc2cc3c(cc2s1)OCO3. The lowest BCUT2D eigenvalue weighted by Crippen LogP contribution is -2.34. The van der Waals surface area contributed by atoms with Crippen LogP contribution in [0.15, 0.2) is 41.3 Å². The van der Waals surface area contributed by atoms with Crippen molar-refractivity contribution in [3.63, 3.8) is 0 Å². The van der Waals surface area contributed by atoms with Gasteiger partial charge in [0.05, 0.1) is 27.3 Å². The molecule has 0 radical (unpaired) electrons. The number of benzene rings is 2. The van der Waals surface area contributed by atoms with E-state index in [1.807, 2.05) is 37.2 Å². The highest BCUT2D eigenvalue weighted by atomic mass is 32.2. The molecule has 2 aromatic carbocycles. The molecule has 0 bridgehead atoms. The van der Waals surface area contributed by atoms with Gasteiger partial charge in [0.2, 0.25) is 16.8 Å². The van der Waals surface area contributed by atoms with Crippen LogP contribution >= 0.6 is 11.3 Å². The van der Waals surface area contributed by atoms with Crippen LogP contribution in [0.1, 0.15) is 29.6 Å². The second-order valence-electron chi connectivity index (χ2n) is 9.03. The summed E-state index contributed by atoms with van der Waals surface area (Å²) in [5.74, 6) is 0.946. The molecule has 4 rings (SSSR count). The number of hydrogen-bond donors (Lipinski definition) is 0. The molecule has 204 valence electrons. The largest absolute Gasteiger partial charge is 0.454 e. The number of carbonyl (C=O) groups is 1. The summed E-state index contributed by atoms with van der Waals surface area (Å²) >= 11 is 1.37. The Balaban J connectivity index is 1.61. The van der Waals surface area contributed by atoms with Crippen LogP contribution in [0.25, 0.3) is 10.2 Å². The monoisotopic (exact) mass is 568 g/mol. The Kier molecular flexibility index (Phi) is 8.99. The Morgan fingerprint density at radius 3 is 2.26 bits per heavy atom. The van der Waals surface area contributed by atoms with Gasteiger partial charge in [-0.15, -0.1) is 0 Å². The van der Waals surface area contributed by atoms with E-state index < -0.39 is 10.0 Å². The van der Waals surface area contributed by atoms with E-state index in [0.717, 1.165) is 15.5 Å². The molecule has 3 aromatic rings. The average Bonchev–Trinajstić information content (AvgIpc) is 3.55. The molecule has 0 saturated carbocycles. The van der Waals surface area contributed by atoms with E-state index >= 15 is 0 Å². The van der Waals surface area contributed by atoms with Gasteiger partial charge in [-0.3, -0.25) is 9.69 Å². The van der Waals surface area contributed by atoms with E-state index in [9.17, 15) is 13.2 Å². The first-order valence-corrected chi connectivity index (χ1v) is 14.5. The zero-order chi connectivity index (χ0) is 28.0. The molecule has 1 aliphatic heterocycles. The molecule has 0 spiro atoms. The first-order chi connectivity index (χ1) is 18.7. The Labute approximate surface area is 231 Å². The van der Waals surface area contributed by atoms with Gasteiger partial charge in [-0.25, -0.2) is 13.4 Å². The minimum Gasteiger partial charge on any atom is -0.454 e. The summed E-state index contributed by atoms with van der Waals surface area (Å²) in [6.07, 6.45) is 0.718. The van der Waals surface area contributed by atoms with Crippen LogP contribution < -0.4 is 14.4 Å². The van der Waals surface area contributed by atoms with Crippen LogP contribution in [0, 0.1) is 22.7 Å².